The highest BCUT2D eigenvalue weighted by Crippen LogP contribution is 2.21. The predicted molar refractivity (Wildman–Crippen MR) is 77.2 cm³/mol. The predicted octanol–water partition coefficient (Wildman–Crippen LogP) is -1.74. The smallest absolute Gasteiger partial charge is 0.253 e. The zero-order valence-electron chi connectivity index (χ0n) is 12.0. The van der Waals surface area contributed by atoms with Crippen LogP contribution >= 0.6 is 0 Å². The molecule has 22 heavy (non-hydrogen) atoms. The fourth-order valence-corrected chi connectivity index (χ4v) is 2.38. The first-order valence-electron chi connectivity index (χ1n) is 6.87. The molecule has 1 saturated heterocycles. The minimum absolute atomic E-state index is 0.322. The SMILES string of the molecule is CNc1ccccc1C(=O)N[C@H]1C(O)[C@@H](O)C(CO)O[C@H]1O. The van der Waals surface area contributed by atoms with Crippen molar-refractivity contribution in [2.45, 2.75) is 30.6 Å². The molecule has 1 fully saturated rings. The maximum absolute atomic E-state index is 12.3. The second-order valence-electron chi connectivity index (χ2n) is 5.02. The Morgan fingerprint density at radius 3 is 2.55 bits per heavy atom. The third-order valence-electron chi connectivity index (χ3n) is 3.64. The van der Waals surface area contributed by atoms with Crippen molar-refractivity contribution in [3.63, 3.8) is 0 Å². The van der Waals surface area contributed by atoms with Gasteiger partial charge in [-0.25, -0.2) is 0 Å². The largest absolute Gasteiger partial charge is 0.394 e. The Balaban J connectivity index is 2.14. The van der Waals surface area contributed by atoms with Gasteiger partial charge >= 0.3 is 0 Å². The lowest BCUT2D eigenvalue weighted by molar-refractivity contribution is -0.252. The van der Waals surface area contributed by atoms with Crippen molar-refractivity contribution in [1.82, 2.24) is 5.32 Å². The zero-order valence-corrected chi connectivity index (χ0v) is 12.0. The van der Waals surface area contributed by atoms with E-state index in [0.29, 0.717) is 11.3 Å². The maximum Gasteiger partial charge on any atom is 0.253 e. The summed E-state index contributed by atoms with van der Waals surface area (Å²) in [5.41, 5.74) is 0.901. The van der Waals surface area contributed by atoms with Crippen LogP contribution in [0.3, 0.4) is 0 Å². The Bertz CT molecular complexity index is 526. The van der Waals surface area contributed by atoms with E-state index in [1.165, 1.54) is 0 Å². The number of aliphatic hydroxyl groups is 4. The lowest BCUT2D eigenvalue weighted by Crippen LogP contribution is -2.64. The minimum atomic E-state index is -1.54. The molecule has 2 rings (SSSR count). The fourth-order valence-electron chi connectivity index (χ4n) is 2.38. The molecule has 0 aromatic heterocycles. The highest BCUT2D eigenvalue weighted by molar-refractivity contribution is 5.99. The second kappa shape index (κ2) is 7.03. The van der Waals surface area contributed by atoms with Gasteiger partial charge in [0.05, 0.1) is 12.2 Å². The number of ether oxygens (including phenoxy) is 1. The van der Waals surface area contributed by atoms with Crippen LogP contribution in [-0.4, -0.2) is 70.6 Å². The number of nitrogens with one attached hydrogen (secondary N) is 2. The average Bonchev–Trinajstić information content (AvgIpc) is 2.54. The van der Waals surface area contributed by atoms with Crippen molar-refractivity contribution in [3.8, 4) is 0 Å². The molecule has 0 radical (unpaired) electrons. The molecular weight excluding hydrogens is 292 g/mol. The Morgan fingerprint density at radius 2 is 1.91 bits per heavy atom. The van der Waals surface area contributed by atoms with Gasteiger partial charge in [0.1, 0.15) is 24.4 Å². The van der Waals surface area contributed by atoms with E-state index in [-0.39, 0.29) is 0 Å². The molecule has 0 saturated carbocycles. The van der Waals surface area contributed by atoms with Gasteiger partial charge in [-0.2, -0.15) is 0 Å². The van der Waals surface area contributed by atoms with Gasteiger partial charge in [-0.3, -0.25) is 4.79 Å². The molecule has 6 N–H and O–H groups in total. The van der Waals surface area contributed by atoms with E-state index in [1.54, 1.807) is 31.3 Å². The summed E-state index contributed by atoms with van der Waals surface area (Å²) >= 11 is 0. The van der Waals surface area contributed by atoms with Gasteiger partial charge in [0.2, 0.25) is 0 Å². The Morgan fingerprint density at radius 1 is 1.23 bits per heavy atom. The number of rotatable bonds is 4. The summed E-state index contributed by atoms with van der Waals surface area (Å²) in [4.78, 5) is 12.3. The number of carbonyl (C=O) groups is 1. The Kier molecular flexibility index (Phi) is 5.33. The third kappa shape index (κ3) is 3.21. The minimum Gasteiger partial charge on any atom is -0.394 e. The number of carbonyl (C=O) groups excluding carboxylic acids is 1. The van der Waals surface area contributed by atoms with E-state index in [0.717, 1.165) is 0 Å². The lowest BCUT2D eigenvalue weighted by Gasteiger charge is -2.40. The molecule has 1 aromatic rings. The highest BCUT2D eigenvalue weighted by Gasteiger charge is 2.44. The van der Waals surface area contributed by atoms with Gasteiger partial charge in [0.15, 0.2) is 6.29 Å². The summed E-state index contributed by atoms with van der Waals surface area (Å²) < 4.78 is 4.99. The van der Waals surface area contributed by atoms with E-state index >= 15 is 0 Å². The summed E-state index contributed by atoms with van der Waals surface area (Å²) in [7, 11) is 1.66. The highest BCUT2D eigenvalue weighted by atomic mass is 16.6. The van der Waals surface area contributed by atoms with Crippen molar-refractivity contribution >= 4 is 11.6 Å². The lowest BCUT2D eigenvalue weighted by atomic mass is 9.96. The van der Waals surface area contributed by atoms with Crippen molar-refractivity contribution in [1.29, 1.82) is 0 Å². The topological polar surface area (TPSA) is 131 Å². The molecule has 1 aromatic carbocycles. The molecule has 1 aliphatic heterocycles. The molecule has 122 valence electrons. The molecule has 1 heterocycles. The van der Waals surface area contributed by atoms with Crippen LogP contribution in [0.1, 0.15) is 10.4 Å². The number of benzene rings is 1. The van der Waals surface area contributed by atoms with Crippen molar-refractivity contribution in [2.24, 2.45) is 0 Å². The molecule has 5 atom stereocenters. The first kappa shape index (κ1) is 16.7. The number of anilines is 1. The van der Waals surface area contributed by atoms with Gasteiger partial charge < -0.3 is 35.8 Å². The number of para-hydroxylation sites is 1. The monoisotopic (exact) mass is 312 g/mol. The van der Waals surface area contributed by atoms with E-state index in [4.69, 9.17) is 9.84 Å². The van der Waals surface area contributed by atoms with Crippen LogP contribution in [0.2, 0.25) is 0 Å². The Labute approximate surface area is 127 Å². The third-order valence-corrected chi connectivity index (χ3v) is 3.64. The number of hydrogen-bond acceptors (Lipinski definition) is 7. The molecule has 0 aliphatic carbocycles. The van der Waals surface area contributed by atoms with Gasteiger partial charge in [0, 0.05) is 12.7 Å². The quantitative estimate of drug-likeness (QED) is 0.389. The summed E-state index contributed by atoms with van der Waals surface area (Å²) in [6, 6.07) is 5.50. The molecule has 0 bridgehead atoms. The first-order valence-corrected chi connectivity index (χ1v) is 6.87. The summed E-state index contributed by atoms with van der Waals surface area (Å²) in [5, 5.41) is 44.0. The van der Waals surface area contributed by atoms with Crippen LogP contribution in [-0.2, 0) is 4.74 Å². The average molecular weight is 312 g/mol. The van der Waals surface area contributed by atoms with Gasteiger partial charge in [-0.1, -0.05) is 12.1 Å². The second-order valence-corrected chi connectivity index (χ2v) is 5.02. The van der Waals surface area contributed by atoms with E-state index in [2.05, 4.69) is 10.6 Å². The molecule has 1 amide bonds. The standard InChI is InChI=1S/C14H20N2O6/c1-15-8-5-3-2-4-7(8)13(20)16-10-12(19)11(18)9(6-17)22-14(10)21/h2-5,9-12,14-15,17-19,21H,6H2,1H3,(H,16,20)/t9?,10-,11-,12?,14+/m0/s1. The van der Waals surface area contributed by atoms with E-state index in [9.17, 15) is 20.1 Å². The Hall–Kier alpha value is -1.71. The van der Waals surface area contributed by atoms with Gasteiger partial charge in [-0.15, -0.1) is 0 Å². The molecular formula is C14H20N2O6. The fraction of sp³-hybridized carbons (Fsp3) is 0.500. The number of amides is 1. The molecule has 1 aliphatic rings. The van der Waals surface area contributed by atoms with Crippen LogP contribution in [0.25, 0.3) is 0 Å². The maximum atomic E-state index is 12.3. The normalized spacial score (nSPS) is 31.6. The van der Waals surface area contributed by atoms with E-state index < -0.39 is 43.2 Å². The number of aliphatic hydroxyl groups excluding tert-OH is 4. The van der Waals surface area contributed by atoms with Crippen molar-refractivity contribution in [2.75, 3.05) is 19.0 Å². The first-order chi connectivity index (χ1) is 10.5. The molecule has 2 unspecified atom stereocenters. The van der Waals surface area contributed by atoms with Crippen LogP contribution in [0, 0.1) is 0 Å². The summed E-state index contributed by atoms with van der Waals surface area (Å²) in [5.74, 6) is -0.536. The van der Waals surface area contributed by atoms with Crippen LogP contribution < -0.4 is 10.6 Å². The molecule has 0 spiro atoms. The zero-order chi connectivity index (χ0) is 16.3. The van der Waals surface area contributed by atoms with Gasteiger partial charge in [-0.05, 0) is 12.1 Å². The van der Waals surface area contributed by atoms with E-state index in [1.807, 2.05) is 0 Å². The summed E-state index contributed by atoms with van der Waals surface area (Å²) in [6.07, 6.45) is -5.53. The van der Waals surface area contributed by atoms with Crippen molar-refractivity contribution in [3.05, 3.63) is 29.8 Å². The van der Waals surface area contributed by atoms with Gasteiger partial charge in [0.25, 0.3) is 5.91 Å². The summed E-state index contributed by atoms with van der Waals surface area (Å²) in [6.45, 7) is -0.557. The molecule has 8 heteroatoms. The number of hydrogen-bond donors (Lipinski definition) is 6. The van der Waals surface area contributed by atoms with Crippen molar-refractivity contribution < 1.29 is 30.0 Å². The van der Waals surface area contributed by atoms with Crippen LogP contribution in [0.15, 0.2) is 24.3 Å². The van der Waals surface area contributed by atoms with Crippen LogP contribution in [0.4, 0.5) is 5.69 Å². The molecule has 8 nitrogen and oxygen atoms in total. The van der Waals surface area contributed by atoms with Crippen LogP contribution in [0.5, 0.6) is 0 Å².